The number of rotatable bonds is 5. The van der Waals surface area contributed by atoms with Crippen LogP contribution in [0, 0.1) is 5.92 Å². The van der Waals surface area contributed by atoms with Crippen LogP contribution in [0.1, 0.15) is 23.5 Å². The van der Waals surface area contributed by atoms with Crippen molar-refractivity contribution in [3.05, 3.63) is 64.1 Å². The van der Waals surface area contributed by atoms with Crippen LogP contribution >= 0.6 is 43.6 Å². The van der Waals surface area contributed by atoms with Crippen LogP contribution in [0.5, 0.6) is 0 Å². The lowest BCUT2D eigenvalue weighted by Crippen LogP contribution is -2.12. The number of thioether (sulfide) groups is 1. The van der Waals surface area contributed by atoms with E-state index in [4.69, 9.17) is 0 Å². The van der Waals surface area contributed by atoms with Crippen LogP contribution < -0.4 is 0 Å². The van der Waals surface area contributed by atoms with Gasteiger partial charge >= 0.3 is 0 Å². The molecule has 3 rings (SSSR count). The summed E-state index contributed by atoms with van der Waals surface area (Å²) in [7, 11) is 0. The first-order valence-electron chi connectivity index (χ1n) is 7.28. The molecule has 0 fully saturated rings. The van der Waals surface area contributed by atoms with Gasteiger partial charge in [0.15, 0.2) is 0 Å². The van der Waals surface area contributed by atoms with Crippen LogP contribution in [-0.4, -0.2) is 11.1 Å². The molecule has 0 spiro atoms. The van der Waals surface area contributed by atoms with Crippen molar-refractivity contribution in [3.8, 4) is 0 Å². The Kier molecular flexibility index (Phi) is 5.47. The SMILES string of the molecule is BrCC(Cc1ccc(Br)cc1)CC1CSc2ccccc21. The topological polar surface area (TPSA) is 0 Å². The molecule has 2 atom stereocenters. The van der Waals surface area contributed by atoms with Crippen molar-refractivity contribution >= 4 is 43.6 Å². The zero-order chi connectivity index (χ0) is 14.7. The van der Waals surface area contributed by atoms with Crippen LogP contribution in [0.25, 0.3) is 0 Å². The summed E-state index contributed by atoms with van der Waals surface area (Å²) in [5.41, 5.74) is 2.99. The van der Waals surface area contributed by atoms with Crippen LogP contribution in [0.4, 0.5) is 0 Å². The van der Waals surface area contributed by atoms with Crippen molar-refractivity contribution < 1.29 is 0 Å². The average Bonchev–Trinajstić information content (AvgIpc) is 2.92. The van der Waals surface area contributed by atoms with Gasteiger partial charge in [-0.25, -0.2) is 0 Å². The standard InChI is InChI=1S/C18H18Br2S/c19-11-14(9-13-5-7-16(20)8-6-13)10-15-12-21-18-4-2-1-3-17(15)18/h1-8,14-15H,9-12H2. The van der Waals surface area contributed by atoms with Gasteiger partial charge in [-0.15, -0.1) is 11.8 Å². The average molecular weight is 426 g/mol. The number of hydrogen-bond donors (Lipinski definition) is 0. The minimum absolute atomic E-state index is 0.697. The molecule has 110 valence electrons. The molecule has 2 unspecified atom stereocenters. The summed E-state index contributed by atoms with van der Waals surface area (Å²) < 4.78 is 1.16. The van der Waals surface area contributed by atoms with Gasteiger partial charge in [-0.2, -0.15) is 0 Å². The summed E-state index contributed by atoms with van der Waals surface area (Å²) >= 11 is 9.24. The lowest BCUT2D eigenvalue weighted by Gasteiger charge is -2.19. The lowest BCUT2D eigenvalue weighted by atomic mass is 9.88. The van der Waals surface area contributed by atoms with Gasteiger partial charge < -0.3 is 0 Å². The highest BCUT2D eigenvalue weighted by molar-refractivity contribution is 9.10. The molecule has 1 aliphatic heterocycles. The predicted octanol–water partition coefficient (Wildman–Crippen LogP) is 6.28. The second-order valence-corrected chi connectivity index (χ2v) is 8.26. The van der Waals surface area contributed by atoms with Crippen LogP contribution in [0.3, 0.4) is 0 Å². The van der Waals surface area contributed by atoms with Crippen molar-refractivity contribution in [1.29, 1.82) is 0 Å². The Morgan fingerprint density at radius 2 is 1.86 bits per heavy atom. The van der Waals surface area contributed by atoms with Crippen molar-refractivity contribution in [2.75, 3.05) is 11.1 Å². The Morgan fingerprint density at radius 3 is 2.62 bits per heavy atom. The molecule has 0 nitrogen and oxygen atoms in total. The Balaban J connectivity index is 1.67. The van der Waals surface area contributed by atoms with E-state index < -0.39 is 0 Å². The molecule has 0 N–H and O–H groups in total. The van der Waals surface area contributed by atoms with E-state index in [1.165, 1.54) is 22.6 Å². The first-order valence-corrected chi connectivity index (χ1v) is 10.2. The van der Waals surface area contributed by atoms with Gasteiger partial charge in [0.05, 0.1) is 0 Å². The van der Waals surface area contributed by atoms with Crippen molar-refractivity contribution in [3.63, 3.8) is 0 Å². The molecule has 1 heterocycles. The van der Waals surface area contributed by atoms with E-state index in [0.29, 0.717) is 11.8 Å². The molecular formula is C18H18Br2S. The summed E-state index contributed by atoms with van der Waals surface area (Å²) in [5.74, 6) is 2.65. The fourth-order valence-corrected chi connectivity index (χ4v) is 5.01. The third kappa shape index (κ3) is 3.94. The van der Waals surface area contributed by atoms with Gasteiger partial charge in [0, 0.05) is 20.5 Å². The third-order valence-corrected chi connectivity index (χ3v) is 6.77. The number of hydrogen-bond acceptors (Lipinski definition) is 1. The molecule has 0 amide bonds. The number of halogens is 2. The minimum Gasteiger partial charge on any atom is -0.125 e. The van der Waals surface area contributed by atoms with E-state index in [1.807, 2.05) is 11.8 Å². The van der Waals surface area contributed by atoms with Crippen molar-refractivity contribution in [2.45, 2.75) is 23.7 Å². The summed E-state index contributed by atoms with van der Waals surface area (Å²) in [6.07, 6.45) is 2.42. The quantitative estimate of drug-likeness (QED) is 0.507. The fraction of sp³-hybridized carbons (Fsp3) is 0.333. The fourth-order valence-electron chi connectivity index (χ4n) is 2.98. The van der Waals surface area contributed by atoms with Gasteiger partial charge in [-0.05, 0) is 54.0 Å². The van der Waals surface area contributed by atoms with Gasteiger partial charge in [0.2, 0.25) is 0 Å². The maximum atomic E-state index is 3.72. The monoisotopic (exact) mass is 424 g/mol. The molecule has 2 aromatic carbocycles. The number of fused-ring (bicyclic) bond motifs is 1. The third-order valence-electron chi connectivity index (χ3n) is 4.07. The number of alkyl halides is 1. The van der Waals surface area contributed by atoms with Gasteiger partial charge in [0.25, 0.3) is 0 Å². The minimum atomic E-state index is 0.697. The van der Waals surface area contributed by atoms with Crippen LogP contribution in [0.15, 0.2) is 57.9 Å². The van der Waals surface area contributed by atoms with E-state index in [1.54, 1.807) is 5.56 Å². The smallest absolute Gasteiger partial charge is 0.0175 e. The molecule has 1 aliphatic rings. The largest absolute Gasteiger partial charge is 0.125 e. The van der Waals surface area contributed by atoms with Crippen molar-refractivity contribution in [2.24, 2.45) is 5.92 Å². The van der Waals surface area contributed by atoms with Gasteiger partial charge in [0.1, 0.15) is 0 Å². The molecule has 21 heavy (non-hydrogen) atoms. The molecule has 0 bridgehead atoms. The molecule has 0 aromatic heterocycles. The van der Waals surface area contributed by atoms with Gasteiger partial charge in [-0.3, -0.25) is 0 Å². The van der Waals surface area contributed by atoms with Crippen molar-refractivity contribution in [1.82, 2.24) is 0 Å². The highest BCUT2D eigenvalue weighted by atomic mass is 79.9. The zero-order valence-corrected chi connectivity index (χ0v) is 15.8. The molecule has 0 radical (unpaired) electrons. The predicted molar refractivity (Wildman–Crippen MR) is 99.7 cm³/mol. The lowest BCUT2D eigenvalue weighted by molar-refractivity contribution is 0.496. The maximum Gasteiger partial charge on any atom is 0.0175 e. The molecule has 3 heteroatoms. The Morgan fingerprint density at radius 1 is 1.10 bits per heavy atom. The van der Waals surface area contributed by atoms with E-state index >= 15 is 0 Å². The van der Waals surface area contributed by atoms with Gasteiger partial charge in [-0.1, -0.05) is 62.2 Å². The first kappa shape index (κ1) is 15.6. The second kappa shape index (κ2) is 7.34. The Bertz CT molecular complexity index is 594. The Hall–Kier alpha value is -0.250. The number of benzene rings is 2. The molecular weight excluding hydrogens is 408 g/mol. The summed E-state index contributed by atoms with van der Waals surface area (Å²) in [6.45, 7) is 0. The zero-order valence-electron chi connectivity index (χ0n) is 11.8. The first-order chi connectivity index (χ1) is 10.3. The summed E-state index contributed by atoms with van der Waals surface area (Å²) in [6, 6.07) is 17.6. The molecule has 0 saturated heterocycles. The van der Waals surface area contributed by atoms with Crippen LogP contribution in [-0.2, 0) is 6.42 Å². The Labute approximate surface area is 148 Å². The summed E-state index contributed by atoms with van der Waals surface area (Å²) in [4.78, 5) is 1.49. The molecule has 0 saturated carbocycles. The van der Waals surface area contributed by atoms with E-state index in [-0.39, 0.29) is 0 Å². The second-order valence-electron chi connectivity index (χ2n) is 5.63. The summed E-state index contributed by atoms with van der Waals surface area (Å²) in [5, 5.41) is 1.08. The van der Waals surface area contributed by atoms with E-state index in [2.05, 4.69) is 80.4 Å². The highest BCUT2D eigenvalue weighted by Gasteiger charge is 2.25. The van der Waals surface area contributed by atoms with E-state index in [0.717, 1.165) is 16.2 Å². The van der Waals surface area contributed by atoms with Crippen LogP contribution in [0.2, 0.25) is 0 Å². The molecule has 0 aliphatic carbocycles. The molecule has 2 aromatic rings. The highest BCUT2D eigenvalue weighted by Crippen LogP contribution is 2.42. The normalized spacial score (nSPS) is 18.5. The van der Waals surface area contributed by atoms with E-state index in [9.17, 15) is 0 Å². The maximum absolute atomic E-state index is 3.72.